The van der Waals surface area contributed by atoms with Gasteiger partial charge in [-0.1, -0.05) is 37.3 Å². The smallest absolute Gasteiger partial charge is 0.290 e. The van der Waals surface area contributed by atoms with Crippen LogP contribution in [0.15, 0.2) is 36.4 Å². The van der Waals surface area contributed by atoms with Crippen LogP contribution in [0.5, 0.6) is 0 Å². The quantitative estimate of drug-likeness (QED) is 0.595. The van der Waals surface area contributed by atoms with E-state index in [2.05, 4.69) is 58.4 Å². The molecule has 0 radical (unpaired) electrons. The third kappa shape index (κ3) is 7.47. The first-order valence-electron chi connectivity index (χ1n) is 10.6. The lowest BCUT2D eigenvalue weighted by Gasteiger charge is -2.35. The van der Waals surface area contributed by atoms with Gasteiger partial charge in [-0.3, -0.25) is 9.59 Å². The van der Waals surface area contributed by atoms with Crippen molar-refractivity contribution in [3.8, 4) is 0 Å². The predicted octanol–water partition coefficient (Wildman–Crippen LogP) is 1.43. The number of nitrogens with zero attached hydrogens (tertiary/aromatic N) is 4. The first kappa shape index (κ1) is 25.0. The van der Waals surface area contributed by atoms with Crippen molar-refractivity contribution >= 4 is 24.7 Å². The molecular weight excluding hydrogens is 414 g/mol. The van der Waals surface area contributed by atoms with E-state index in [1.807, 2.05) is 0 Å². The van der Waals surface area contributed by atoms with Gasteiger partial charge in [-0.2, -0.15) is 4.98 Å². The Morgan fingerprint density at radius 2 is 1.72 bits per heavy atom. The van der Waals surface area contributed by atoms with Crippen molar-refractivity contribution < 1.29 is 24.5 Å². The number of hydrogen-bond donors (Lipinski definition) is 3. The van der Waals surface area contributed by atoms with Crippen molar-refractivity contribution in [1.29, 1.82) is 0 Å². The van der Waals surface area contributed by atoms with Gasteiger partial charge in [-0.15, -0.1) is 0 Å². The summed E-state index contributed by atoms with van der Waals surface area (Å²) in [7, 11) is 0. The number of carboxylic acid groups (broad SMARTS) is 2. The minimum absolute atomic E-state index is 0.250. The summed E-state index contributed by atoms with van der Waals surface area (Å²) in [5, 5.41) is 17.4. The number of aryl methyl sites for hydroxylation is 1. The predicted molar refractivity (Wildman–Crippen MR) is 121 cm³/mol. The Morgan fingerprint density at radius 3 is 2.34 bits per heavy atom. The second-order valence-electron chi connectivity index (χ2n) is 7.04. The SMILES string of the molecule is CCc1cc(N2CCNC(c3ccccc3)C2)nc(N2CCOCC2)n1.O=CO.O=CO. The molecule has 174 valence electrons. The first-order chi connectivity index (χ1) is 15.7. The number of aromatic nitrogens is 2. The van der Waals surface area contributed by atoms with Crippen LogP contribution in [-0.2, 0) is 20.7 Å². The van der Waals surface area contributed by atoms with Crippen molar-refractivity contribution in [2.24, 2.45) is 0 Å². The van der Waals surface area contributed by atoms with Gasteiger partial charge in [0.15, 0.2) is 0 Å². The zero-order valence-electron chi connectivity index (χ0n) is 18.3. The van der Waals surface area contributed by atoms with Crippen molar-refractivity contribution in [1.82, 2.24) is 15.3 Å². The number of nitrogens with one attached hydrogen (secondary N) is 1. The second kappa shape index (κ2) is 13.9. The summed E-state index contributed by atoms with van der Waals surface area (Å²) in [6, 6.07) is 13.1. The molecule has 1 aromatic heterocycles. The average Bonchev–Trinajstić information content (AvgIpc) is 2.86. The molecule has 1 unspecified atom stereocenters. The van der Waals surface area contributed by atoms with Gasteiger partial charge >= 0.3 is 0 Å². The summed E-state index contributed by atoms with van der Waals surface area (Å²) in [5.74, 6) is 1.89. The van der Waals surface area contributed by atoms with Gasteiger partial charge in [0.05, 0.1) is 13.2 Å². The highest BCUT2D eigenvalue weighted by Crippen LogP contribution is 2.24. The maximum Gasteiger partial charge on any atom is 0.290 e. The molecule has 2 fully saturated rings. The van der Waals surface area contributed by atoms with E-state index in [-0.39, 0.29) is 12.9 Å². The highest BCUT2D eigenvalue weighted by atomic mass is 16.5. The zero-order chi connectivity index (χ0) is 23.2. The average molecular weight is 446 g/mol. The van der Waals surface area contributed by atoms with Crippen LogP contribution < -0.4 is 15.1 Å². The van der Waals surface area contributed by atoms with E-state index in [0.29, 0.717) is 6.04 Å². The second-order valence-corrected chi connectivity index (χ2v) is 7.04. The minimum Gasteiger partial charge on any atom is -0.483 e. The Morgan fingerprint density at radius 1 is 1.06 bits per heavy atom. The molecular formula is C22H31N5O5. The molecule has 4 rings (SSSR count). The summed E-state index contributed by atoms with van der Waals surface area (Å²) in [6.45, 7) is 7.72. The molecule has 0 amide bonds. The molecule has 10 nitrogen and oxygen atoms in total. The molecule has 3 N–H and O–H groups in total. The molecule has 3 heterocycles. The molecule has 2 aromatic rings. The van der Waals surface area contributed by atoms with Crippen LogP contribution in [0.1, 0.15) is 24.2 Å². The van der Waals surface area contributed by atoms with Gasteiger partial charge in [0.2, 0.25) is 5.95 Å². The van der Waals surface area contributed by atoms with Gasteiger partial charge in [-0.05, 0) is 12.0 Å². The Bertz CT molecular complexity index is 812. The van der Waals surface area contributed by atoms with Gasteiger partial charge in [-0.25, -0.2) is 4.98 Å². The molecule has 10 heteroatoms. The third-order valence-electron chi connectivity index (χ3n) is 5.11. The number of hydrogen-bond acceptors (Lipinski definition) is 8. The summed E-state index contributed by atoms with van der Waals surface area (Å²) >= 11 is 0. The van der Waals surface area contributed by atoms with Crippen molar-refractivity contribution in [2.75, 3.05) is 55.7 Å². The molecule has 2 aliphatic rings. The van der Waals surface area contributed by atoms with Crippen LogP contribution in [0, 0.1) is 0 Å². The zero-order valence-corrected chi connectivity index (χ0v) is 18.3. The largest absolute Gasteiger partial charge is 0.483 e. The monoisotopic (exact) mass is 445 g/mol. The summed E-state index contributed by atoms with van der Waals surface area (Å²) < 4.78 is 5.47. The molecule has 0 bridgehead atoms. The molecule has 2 aliphatic heterocycles. The number of ether oxygens (including phenoxy) is 1. The fourth-order valence-electron chi connectivity index (χ4n) is 3.58. The minimum atomic E-state index is -0.250. The van der Waals surface area contributed by atoms with Crippen LogP contribution in [-0.4, -0.2) is 79.1 Å². The Balaban J connectivity index is 0.000000547. The van der Waals surface area contributed by atoms with Crippen LogP contribution in [0.25, 0.3) is 0 Å². The van der Waals surface area contributed by atoms with Gasteiger partial charge < -0.3 is 30.1 Å². The van der Waals surface area contributed by atoms with E-state index in [1.165, 1.54) is 5.56 Å². The molecule has 2 saturated heterocycles. The lowest BCUT2D eigenvalue weighted by Crippen LogP contribution is -2.46. The number of piperazine rings is 1. The maximum absolute atomic E-state index is 8.36. The van der Waals surface area contributed by atoms with Gasteiger partial charge in [0.25, 0.3) is 12.9 Å². The van der Waals surface area contributed by atoms with Crippen molar-refractivity contribution in [3.05, 3.63) is 47.7 Å². The maximum atomic E-state index is 8.36. The summed E-state index contributed by atoms with van der Waals surface area (Å²) in [4.78, 5) is 31.0. The van der Waals surface area contributed by atoms with E-state index in [0.717, 1.165) is 69.8 Å². The highest BCUT2D eigenvalue weighted by Gasteiger charge is 2.23. The molecule has 0 spiro atoms. The number of benzene rings is 1. The lowest BCUT2D eigenvalue weighted by atomic mass is 10.0. The molecule has 0 saturated carbocycles. The van der Waals surface area contributed by atoms with Crippen LogP contribution >= 0.6 is 0 Å². The van der Waals surface area contributed by atoms with Crippen LogP contribution in [0.4, 0.5) is 11.8 Å². The number of rotatable bonds is 4. The van der Waals surface area contributed by atoms with E-state index < -0.39 is 0 Å². The normalized spacial score (nSPS) is 17.8. The first-order valence-corrected chi connectivity index (χ1v) is 10.6. The fourth-order valence-corrected chi connectivity index (χ4v) is 3.58. The van der Waals surface area contributed by atoms with E-state index in [9.17, 15) is 0 Å². The fraction of sp³-hybridized carbons (Fsp3) is 0.455. The number of carbonyl (C=O) groups is 2. The Labute approximate surface area is 187 Å². The Kier molecular flexibility index (Phi) is 10.9. The number of anilines is 2. The standard InChI is InChI=1S/C20H27N5O.2CH2O2/c1-2-17-14-19(23-20(22-17)24-10-12-26-13-11-24)25-9-8-21-18(15-25)16-6-4-3-5-7-16;2*2-1-3/h3-7,14,18,21H,2,8-13,15H2,1H3;2*1H,(H,2,3). The molecule has 32 heavy (non-hydrogen) atoms. The topological polar surface area (TPSA) is 128 Å². The van der Waals surface area contributed by atoms with Gasteiger partial charge in [0.1, 0.15) is 5.82 Å². The lowest BCUT2D eigenvalue weighted by molar-refractivity contribution is -0.123. The third-order valence-corrected chi connectivity index (χ3v) is 5.11. The van der Waals surface area contributed by atoms with Crippen LogP contribution in [0.3, 0.4) is 0 Å². The van der Waals surface area contributed by atoms with Gasteiger partial charge in [0, 0.05) is 50.5 Å². The molecule has 1 aromatic carbocycles. The molecule has 1 atom stereocenters. The molecule has 0 aliphatic carbocycles. The van der Waals surface area contributed by atoms with E-state index in [1.54, 1.807) is 0 Å². The van der Waals surface area contributed by atoms with Crippen LogP contribution in [0.2, 0.25) is 0 Å². The van der Waals surface area contributed by atoms with E-state index in [4.69, 9.17) is 34.5 Å². The summed E-state index contributed by atoms with van der Waals surface area (Å²) in [5.41, 5.74) is 2.43. The summed E-state index contributed by atoms with van der Waals surface area (Å²) in [6.07, 6.45) is 0.918. The van der Waals surface area contributed by atoms with Crippen molar-refractivity contribution in [2.45, 2.75) is 19.4 Å². The number of morpholine rings is 1. The van der Waals surface area contributed by atoms with E-state index >= 15 is 0 Å². The van der Waals surface area contributed by atoms with Crippen molar-refractivity contribution in [3.63, 3.8) is 0 Å². The highest BCUT2D eigenvalue weighted by molar-refractivity contribution is 5.47. The Hall–Kier alpha value is -3.24.